The molecule has 0 N–H and O–H groups in total. The highest BCUT2D eigenvalue weighted by Gasteiger charge is 2.52. The number of unbranched alkanes of at least 4 members (excludes halogenated alkanes) is 14. The highest BCUT2D eigenvalue weighted by atomic mass is 32.2. The molecule has 1 fully saturated rings. The predicted octanol–water partition coefficient (Wildman–Crippen LogP) is 14.4. The summed E-state index contributed by atoms with van der Waals surface area (Å²) in [6.45, 7) is 4.70. The van der Waals surface area contributed by atoms with Crippen LogP contribution in [-0.2, 0) is 9.59 Å². The summed E-state index contributed by atoms with van der Waals surface area (Å²) in [6.07, 6.45) is 19.1. The molecule has 0 aromatic heterocycles. The second-order valence-corrected chi connectivity index (χ2v) is 19.3. The number of nitriles is 2. The summed E-state index contributed by atoms with van der Waals surface area (Å²) in [6, 6.07) is 38.2. The fourth-order valence-electron chi connectivity index (χ4n) is 8.88. The van der Waals surface area contributed by atoms with Crippen molar-refractivity contribution in [2.75, 3.05) is 24.7 Å². The molecule has 0 aliphatic heterocycles. The molecular formula is C54H66N2O4S2. The molecule has 4 aromatic carbocycles. The Balaban J connectivity index is 1.18. The minimum atomic E-state index is 0.167. The first-order chi connectivity index (χ1) is 30.4. The molecule has 6 nitrogen and oxygen atoms in total. The average Bonchev–Trinajstić information content (AvgIpc) is 3.28. The number of benzene rings is 4. The summed E-state index contributed by atoms with van der Waals surface area (Å²) in [5, 5.41) is 19.7. The van der Waals surface area contributed by atoms with Crippen molar-refractivity contribution in [1.29, 1.82) is 10.5 Å². The Kier molecular flexibility index (Phi) is 21.6. The van der Waals surface area contributed by atoms with Gasteiger partial charge in [0.05, 0.1) is 36.5 Å². The molecular weight excluding hydrogens is 805 g/mol. The molecule has 1 saturated carbocycles. The first-order valence-electron chi connectivity index (χ1n) is 23.1. The molecule has 1 aliphatic rings. The number of carbonyl (C=O) groups is 2. The molecule has 0 radical (unpaired) electrons. The Hall–Kier alpha value is -4.50. The molecule has 0 bridgehead atoms. The normalized spacial score (nSPS) is 16.8. The summed E-state index contributed by atoms with van der Waals surface area (Å²) in [5.41, 5.74) is 6.23. The van der Waals surface area contributed by atoms with Crippen LogP contribution in [0.4, 0.5) is 0 Å². The van der Waals surface area contributed by atoms with Crippen molar-refractivity contribution in [2.24, 2.45) is 0 Å². The van der Waals surface area contributed by atoms with Crippen molar-refractivity contribution >= 4 is 33.8 Å². The molecule has 0 unspecified atom stereocenters. The van der Waals surface area contributed by atoms with Crippen molar-refractivity contribution in [1.82, 2.24) is 0 Å². The third-order valence-corrected chi connectivity index (χ3v) is 14.0. The van der Waals surface area contributed by atoms with Gasteiger partial charge in [-0.3, -0.25) is 9.59 Å². The summed E-state index contributed by atoms with van der Waals surface area (Å²) in [4.78, 5) is 22.1. The van der Waals surface area contributed by atoms with E-state index in [0.29, 0.717) is 24.3 Å². The second-order valence-electron chi connectivity index (χ2n) is 16.7. The van der Waals surface area contributed by atoms with Gasteiger partial charge in [-0.05, 0) is 120 Å². The van der Waals surface area contributed by atoms with Gasteiger partial charge in [0.25, 0.3) is 0 Å². The molecule has 0 atom stereocenters. The van der Waals surface area contributed by atoms with Gasteiger partial charge < -0.3 is 9.47 Å². The lowest BCUT2D eigenvalue weighted by Gasteiger charge is -2.54. The van der Waals surface area contributed by atoms with Crippen LogP contribution >= 0.6 is 23.5 Å². The zero-order valence-corrected chi connectivity index (χ0v) is 38.7. The number of nitrogens with zero attached hydrogens (tertiary/aromatic N) is 2. The summed E-state index contributed by atoms with van der Waals surface area (Å²) in [5.74, 6) is 4.35. The van der Waals surface area contributed by atoms with Crippen LogP contribution in [0.1, 0.15) is 174 Å². The van der Waals surface area contributed by atoms with Gasteiger partial charge in [-0.2, -0.15) is 10.5 Å². The summed E-state index contributed by atoms with van der Waals surface area (Å²) >= 11 is 2.88. The van der Waals surface area contributed by atoms with Crippen LogP contribution in [0.25, 0.3) is 0 Å². The van der Waals surface area contributed by atoms with Gasteiger partial charge in [-0.1, -0.05) is 149 Å². The lowest BCUT2D eigenvalue weighted by Crippen LogP contribution is -2.40. The minimum Gasteiger partial charge on any atom is -0.494 e. The molecule has 5 rings (SSSR count). The van der Waals surface area contributed by atoms with Crippen LogP contribution in [0.3, 0.4) is 0 Å². The van der Waals surface area contributed by atoms with E-state index in [0.717, 1.165) is 48.7 Å². The Morgan fingerprint density at radius 2 is 0.677 bits per heavy atom. The van der Waals surface area contributed by atoms with E-state index in [9.17, 15) is 20.1 Å². The predicted molar refractivity (Wildman–Crippen MR) is 257 cm³/mol. The van der Waals surface area contributed by atoms with Crippen LogP contribution in [0, 0.1) is 22.7 Å². The van der Waals surface area contributed by atoms with E-state index in [1.165, 1.54) is 123 Å². The first kappa shape index (κ1) is 48.5. The van der Waals surface area contributed by atoms with E-state index in [1.807, 2.05) is 24.3 Å². The molecule has 328 valence electrons. The Morgan fingerprint density at radius 3 is 0.952 bits per heavy atom. The Bertz CT molecular complexity index is 1850. The SMILES string of the molecule is CC(=O)SCCCCCCCCCCOc1ccc(C2C(c3ccc(C#N)cc3)C(c3ccc(OCCCCCCCCCCSC(C)=O)cc3)C2c2ccc(C#N)cc2)cc1. The van der Waals surface area contributed by atoms with Gasteiger partial charge in [-0.15, -0.1) is 0 Å². The molecule has 0 spiro atoms. The number of hydrogen-bond acceptors (Lipinski definition) is 8. The Labute approximate surface area is 380 Å². The molecule has 0 amide bonds. The zero-order valence-electron chi connectivity index (χ0n) is 37.0. The van der Waals surface area contributed by atoms with Crippen LogP contribution in [0.2, 0.25) is 0 Å². The maximum atomic E-state index is 11.1. The fourth-order valence-corrected chi connectivity index (χ4v) is 10.2. The monoisotopic (exact) mass is 870 g/mol. The molecule has 8 heteroatoms. The maximum Gasteiger partial charge on any atom is 0.185 e. The lowest BCUT2D eigenvalue weighted by atomic mass is 9.49. The minimum absolute atomic E-state index is 0.167. The van der Waals surface area contributed by atoms with Gasteiger partial charge in [0.1, 0.15) is 11.5 Å². The number of rotatable bonds is 28. The summed E-state index contributed by atoms with van der Waals surface area (Å²) < 4.78 is 12.5. The van der Waals surface area contributed by atoms with E-state index in [2.05, 4.69) is 84.9 Å². The molecule has 0 saturated heterocycles. The molecule has 0 heterocycles. The largest absolute Gasteiger partial charge is 0.494 e. The Morgan fingerprint density at radius 1 is 0.419 bits per heavy atom. The lowest BCUT2D eigenvalue weighted by molar-refractivity contribution is -0.109. The van der Waals surface area contributed by atoms with Crippen LogP contribution in [-0.4, -0.2) is 35.0 Å². The maximum absolute atomic E-state index is 11.1. The van der Waals surface area contributed by atoms with Crippen molar-refractivity contribution in [3.8, 4) is 23.6 Å². The van der Waals surface area contributed by atoms with E-state index >= 15 is 0 Å². The van der Waals surface area contributed by atoms with Crippen LogP contribution in [0.5, 0.6) is 11.5 Å². The highest BCUT2D eigenvalue weighted by Crippen LogP contribution is 2.66. The highest BCUT2D eigenvalue weighted by molar-refractivity contribution is 8.13. The number of thioether (sulfide) groups is 2. The van der Waals surface area contributed by atoms with Gasteiger partial charge in [0.15, 0.2) is 10.2 Å². The quantitative estimate of drug-likeness (QED) is 0.0520. The average molecular weight is 871 g/mol. The van der Waals surface area contributed by atoms with E-state index in [-0.39, 0.29) is 33.9 Å². The number of carbonyl (C=O) groups excluding carboxylic acids is 2. The van der Waals surface area contributed by atoms with Crippen molar-refractivity contribution in [3.05, 3.63) is 130 Å². The zero-order chi connectivity index (χ0) is 43.8. The molecule has 4 aromatic rings. The first-order valence-corrected chi connectivity index (χ1v) is 25.1. The van der Waals surface area contributed by atoms with Crippen LogP contribution < -0.4 is 9.47 Å². The van der Waals surface area contributed by atoms with E-state index < -0.39 is 0 Å². The van der Waals surface area contributed by atoms with Gasteiger partial charge in [0.2, 0.25) is 0 Å². The third-order valence-electron chi connectivity index (χ3n) is 12.2. The van der Waals surface area contributed by atoms with Gasteiger partial charge in [-0.25, -0.2) is 0 Å². The number of hydrogen-bond donors (Lipinski definition) is 0. The van der Waals surface area contributed by atoms with Crippen molar-refractivity contribution in [2.45, 2.75) is 140 Å². The molecule has 62 heavy (non-hydrogen) atoms. The van der Waals surface area contributed by atoms with E-state index in [4.69, 9.17) is 9.47 Å². The fraction of sp³-hybridized carbons (Fsp3) is 0.481. The van der Waals surface area contributed by atoms with E-state index in [1.54, 1.807) is 13.8 Å². The number of ether oxygens (including phenoxy) is 2. The van der Waals surface area contributed by atoms with Gasteiger partial charge >= 0.3 is 0 Å². The van der Waals surface area contributed by atoms with Crippen LogP contribution in [0.15, 0.2) is 97.1 Å². The molecule has 1 aliphatic carbocycles. The van der Waals surface area contributed by atoms with Crippen molar-refractivity contribution in [3.63, 3.8) is 0 Å². The van der Waals surface area contributed by atoms with Gasteiger partial charge in [0, 0.05) is 25.4 Å². The topological polar surface area (TPSA) is 100 Å². The smallest absolute Gasteiger partial charge is 0.185 e. The van der Waals surface area contributed by atoms with Crippen molar-refractivity contribution < 1.29 is 19.1 Å². The third kappa shape index (κ3) is 16.0. The summed E-state index contributed by atoms with van der Waals surface area (Å²) in [7, 11) is 0. The second kappa shape index (κ2) is 27.5. The standard InChI is InChI=1S/C54H66N2O4S2/c1-41(57)61-37-17-13-9-5-3-7-11-15-35-59-49-31-27-47(28-32-49)53-51(45-23-19-43(39-55)20-24-45)54(52(53)46-25-21-44(40-56)22-26-46)48-29-33-50(34-30-48)60-36-16-12-8-4-6-10-14-18-38-62-42(2)58/h19-34,51-54H,3-18,35-38H2,1-2H3.